The van der Waals surface area contributed by atoms with E-state index in [-0.39, 0.29) is 25.9 Å². The van der Waals surface area contributed by atoms with Crippen molar-refractivity contribution in [2.75, 3.05) is 24.1 Å². The molecule has 0 unspecified atom stereocenters. The first-order valence-corrected chi connectivity index (χ1v) is 12.3. The topological polar surface area (TPSA) is 109 Å². The van der Waals surface area contributed by atoms with Gasteiger partial charge in [-0.15, -0.1) is 0 Å². The minimum Gasteiger partial charge on any atom is -0.383 e. The Bertz CT molecular complexity index is 1230. The Morgan fingerprint density at radius 3 is 2.35 bits per heavy atom. The molecule has 196 valence electrons. The van der Waals surface area contributed by atoms with Gasteiger partial charge in [-0.2, -0.15) is 13.2 Å². The number of nitrogen functional groups attached to an aromatic ring is 1. The number of piperazine rings is 1. The van der Waals surface area contributed by atoms with E-state index in [1.807, 2.05) is 0 Å². The van der Waals surface area contributed by atoms with Crippen molar-refractivity contribution in [3.63, 3.8) is 0 Å². The second-order valence-electron chi connectivity index (χ2n) is 10.2. The van der Waals surface area contributed by atoms with Crippen LogP contribution in [0.1, 0.15) is 55.7 Å². The number of alkyl halides is 3. The van der Waals surface area contributed by atoms with Gasteiger partial charge >= 0.3 is 18.0 Å². The van der Waals surface area contributed by atoms with Crippen molar-refractivity contribution < 1.29 is 27.6 Å². The Balaban J connectivity index is 1.38. The monoisotopic (exact) mass is 515 g/mol. The maximum atomic E-state index is 13.7. The highest BCUT2D eigenvalue weighted by Gasteiger charge is 2.70. The molecule has 2 saturated carbocycles. The normalized spacial score (nSPS) is 22.9. The number of anilines is 2. The first-order valence-electron chi connectivity index (χ1n) is 12.3. The Morgan fingerprint density at radius 2 is 1.76 bits per heavy atom. The van der Waals surface area contributed by atoms with Crippen molar-refractivity contribution >= 4 is 29.2 Å². The van der Waals surface area contributed by atoms with Crippen molar-refractivity contribution in [1.29, 1.82) is 0 Å². The molecule has 3 fully saturated rings. The smallest absolute Gasteiger partial charge is 0.383 e. The highest BCUT2D eigenvalue weighted by molar-refractivity contribution is 6.39. The van der Waals surface area contributed by atoms with E-state index in [0.717, 1.165) is 18.4 Å². The lowest BCUT2D eigenvalue weighted by Gasteiger charge is -2.46. The second-order valence-corrected chi connectivity index (χ2v) is 10.2. The number of carbonyl (C=O) groups excluding carboxylic acids is 3. The van der Waals surface area contributed by atoms with Crippen LogP contribution in [-0.4, -0.2) is 57.8 Å². The van der Waals surface area contributed by atoms with E-state index < -0.39 is 41.4 Å². The van der Waals surface area contributed by atoms with Crippen LogP contribution in [0.2, 0.25) is 0 Å². The molecule has 1 aromatic heterocycles. The summed E-state index contributed by atoms with van der Waals surface area (Å²) in [6.45, 7) is 1.37. The van der Waals surface area contributed by atoms with E-state index in [2.05, 4.69) is 10.3 Å². The molecule has 1 aliphatic heterocycles. The van der Waals surface area contributed by atoms with Gasteiger partial charge in [0.15, 0.2) is 0 Å². The highest BCUT2D eigenvalue weighted by atomic mass is 19.4. The van der Waals surface area contributed by atoms with Gasteiger partial charge in [0.1, 0.15) is 11.2 Å². The number of nitrogens with zero attached hydrogens (tertiary/aromatic N) is 3. The molecule has 3 amide bonds. The molecule has 2 heterocycles. The van der Waals surface area contributed by atoms with Gasteiger partial charge in [-0.25, -0.2) is 4.98 Å². The summed E-state index contributed by atoms with van der Waals surface area (Å²) in [6.07, 6.45) is -1.76. The molecule has 3 aliphatic rings. The highest BCUT2D eigenvalue weighted by Crippen LogP contribution is 2.59. The maximum absolute atomic E-state index is 13.7. The molecule has 1 saturated heterocycles. The summed E-state index contributed by atoms with van der Waals surface area (Å²) < 4.78 is 41.1. The van der Waals surface area contributed by atoms with Gasteiger partial charge in [0.05, 0.1) is 17.9 Å². The number of carbonyl (C=O) groups is 3. The first kappa shape index (κ1) is 25.0. The molecule has 0 spiro atoms. The molecule has 3 N–H and O–H groups in total. The zero-order chi connectivity index (χ0) is 26.5. The molecule has 2 aliphatic carbocycles. The fourth-order valence-corrected chi connectivity index (χ4v) is 5.06. The summed E-state index contributed by atoms with van der Waals surface area (Å²) in [4.78, 5) is 46.1. The average molecular weight is 516 g/mol. The largest absolute Gasteiger partial charge is 0.403 e. The fraction of sp³-hybridized carbons (Fsp3) is 0.462. The lowest BCUT2D eigenvalue weighted by Crippen LogP contribution is -2.60. The second kappa shape index (κ2) is 9.04. The number of halogens is 3. The van der Waals surface area contributed by atoms with Crippen LogP contribution < -0.4 is 11.1 Å². The summed E-state index contributed by atoms with van der Waals surface area (Å²) in [7, 11) is 0. The molecule has 37 heavy (non-hydrogen) atoms. The van der Waals surface area contributed by atoms with Crippen molar-refractivity contribution in [2.45, 2.75) is 56.8 Å². The molecular formula is C26H28F3N5O3. The van der Waals surface area contributed by atoms with Crippen molar-refractivity contribution in [2.24, 2.45) is 5.41 Å². The maximum Gasteiger partial charge on any atom is 0.403 e. The van der Waals surface area contributed by atoms with Crippen molar-refractivity contribution in [1.82, 2.24) is 14.8 Å². The van der Waals surface area contributed by atoms with Crippen LogP contribution in [-0.2, 0) is 14.4 Å². The number of aromatic nitrogens is 1. The SMILES string of the molecule is C[C@@H]1CN(C(=O)C(=O)Nc2cnc(N)c(C3CC3)c2)[C@@H](c2ccccc2)CN1C(=O)C1(C(F)(F)F)CC1. The van der Waals surface area contributed by atoms with E-state index in [0.29, 0.717) is 23.0 Å². The lowest BCUT2D eigenvalue weighted by atomic mass is 9.96. The van der Waals surface area contributed by atoms with Crippen LogP contribution in [0, 0.1) is 5.41 Å². The number of amides is 3. The van der Waals surface area contributed by atoms with Crippen LogP contribution in [0.4, 0.5) is 24.7 Å². The van der Waals surface area contributed by atoms with Gasteiger partial charge in [-0.3, -0.25) is 14.4 Å². The molecule has 11 heteroatoms. The van der Waals surface area contributed by atoms with Crippen LogP contribution in [0.15, 0.2) is 42.6 Å². The third-order valence-electron chi connectivity index (χ3n) is 7.57. The van der Waals surface area contributed by atoms with Gasteiger partial charge in [0.25, 0.3) is 0 Å². The van der Waals surface area contributed by atoms with Gasteiger partial charge in [-0.1, -0.05) is 30.3 Å². The van der Waals surface area contributed by atoms with Crippen molar-refractivity contribution in [3.8, 4) is 0 Å². The van der Waals surface area contributed by atoms with Gasteiger partial charge in [0, 0.05) is 19.1 Å². The summed E-state index contributed by atoms with van der Waals surface area (Å²) in [5.74, 6) is -2.02. The Hall–Kier alpha value is -3.63. The molecule has 8 nitrogen and oxygen atoms in total. The van der Waals surface area contributed by atoms with Crippen LogP contribution in [0.5, 0.6) is 0 Å². The number of hydrogen-bond acceptors (Lipinski definition) is 5. The molecule has 0 radical (unpaired) electrons. The standard InChI is InChI=1S/C26H28F3N5O3/c1-15-13-34(23(36)22(35)32-18-11-19(16-7-8-16)21(30)31-12-18)20(17-5-3-2-4-6-17)14-33(15)24(37)25(9-10-25)26(27,28)29/h2-6,11-12,15-16,20H,7-10,13-14H2,1H3,(H2,30,31)(H,32,35)/t15-,20-/m1/s1. The first-order chi connectivity index (χ1) is 17.5. The Labute approximate surface area is 212 Å². The zero-order valence-corrected chi connectivity index (χ0v) is 20.3. The molecular weight excluding hydrogens is 487 g/mol. The quantitative estimate of drug-likeness (QED) is 0.605. The third kappa shape index (κ3) is 4.62. The molecule has 0 bridgehead atoms. The lowest BCUT2D eigenvalue weighted by molar-refractivity contribution is -0.201. The van der Waals surface area contributed by atoms with E-state index in [1.54, 1.807) is 43.3 Å². The van der Waals surface area contributed by atoms with E-state index >= 15 is 0 Å². The number of benzene rings is 1. The Morgan fingerprint density at radius 1 is 1.08 bits per heavy atom. The number of pyridine rings is 1. The summed E-state index contributed by atoms with van der Waals surface area (Å²) >= 11 is 0. The Kier molecular flexibility index (Phi) is 6.12. The summed E-state index contributed by atoms with van der Waals surface area (Å²) in [5, 5.41) is 2.59. The fourth-order valence-electron chi connectivity index (χ4n) is 5.06. The molecule has 1 aromatic carbocycles. The molecule has 2 aromatic rings. The number of nitrogens with one attached hydrogen (secondary N) is 1. The van der Waals surface area contributed by atoms with Crippen molar-refractivity contribution in [3.05, 3.63) is 53.7 Å². The number of rotatable bonds is 4. The third-order valence-corrected chi connectivity index (χ3v) is 7.57. The predicted molar refractivity (Wildman–Crippen MR) is 129 cm³/mol. The zero-order valence-electron chi connectivity index (χ0n) is 20.3. The minimum atomic E-state index is -4.63. The summed E-state index contributed by atoms with van der Waals surface area (Å²) in [5.41, 5.74) is 5.37. The van der Waals surface area contributed by atoms with Gasteiger partial charge in [0.2, 0.25) is 5.91 Å². The molecule has 5 rings (SSSR count). The van der Waals surface area contributed by atoms with E-state index in [9.17, 15) is 27.6 Å². The van der Waals surface area contributed by atoms with Crippen LogP contribution >= 0.6 is 0 Å². The average Bonchev–Trinajstić information content (AvgIpc) is 3.77. The van der Waals surface area contributed by atoms with Gasteiger partial charge in [-0.05, 0) is 55.7 Å². The van der Waals surface area contributed by atoms with Gasteiger partial charge < -0.3 is 20.9 Å². The van der Waals surface area contributed by atoms with Crippen LogP contribution in [0.3, 0.4) is 0 Å². The molecule has 2 atom stereocenters. The minimum absolute atomic E-state index is 0.0845. The van der Waals surface area contributed by atoms with Crippen LogP contribution in [0.25, 0.3) is 0 Å². The number of hydrogen-bond donors (Lipinski definition) is 2. The van der Waals surface area contributed by atoms with E-state index in [1.165, 1.54) is 16.0 Å². The van der Waals surface area contributed by atoms with E-state index in [4.69, 9.17) is 5.73 Å². The number of nitrogens with two attached hydrogens (primary N) is 1. The summed E-state index contributed by atoms with van der Waals surface area (Å²) in [6, 6.07) is 8.92. The predicted octanol–water partition coefficient (Wildman–Crippen LogP) is 3.62.